The van der Waals surface area contributed by atoms with E-state index in [-0.39, 0.29) is 0 Å². The molecule has 4 nitrogen and oxygen atoms in total. The van der Waals surface area contributed by atoms with Crippen molar-refractivity contribution in [3.05, 3.63) is 18.0 Å². The van der Waals surface area contributed by atoms with E-state index in [1.807, 2.05) is 0 Å². The fraction of sp³-hybridized carbons (Fsp3) is 0.786. The second-order valence-electron chi connectivity index (χ2n) is 5.57. The molecule has 0 radical (unpaired) electrons. The van der Waals surface area contributed by atoms with Crippen molar-refractivity contribution in [2.75, 3.05) is 0 Å². The van der Waals surface area contributed by atoms with Crippen molar-refractivity contribution in [2.45, 2.75) is 64.5 Å². The summed E-state index contributed by atoms with van der Waals surface area (Å²) < 4.78 is 2.07. The van der Waals surface area contributed by atoms with E-state index in [0.717, 1.165) is 24.5 Å². The second kappa shape index (κ2) is 6.34. The van der Waals surface area contributed by atoms with Crippen molar-refractivity contribution in [1.29, 1.82) is 0 Å². The zero-order valence-electron chi connectivity index (χ0n) is 11.6. The van der Waals surface area contributed by atoms with E-state index in [0.29, 0.717) is 12.1 Å². The molecule has 2 rings (SSSR count). The van der Waals surface area contributed by atoms with Crippen molar-refractivity contribution in [3.8, 4) is 0 Å². The van der Waals surface area contributed by atoms with Crippen LogP contribution < -0.4 is 11.3 Å². The lowest BCUT2D eigenvalue weighted by atomic mass is 9.95. The van der Waals surface area contributed by atoms with Gasteiger partial charge in [0.05, 0.1) is 5.69 Å². The Morgan fingerprint density at radius 3 is 2.83 bits per heavy atom. The first kappa shape index (κ1) is 13.6. The number of hydrogen-bond acceptors (Lipinski definition) is 3. The van der Waals surface area contributed by atoms with Gasteiger partial charge in [-0.1, -0.05) is 19.8 Å². The lowest BCUT2D eigenvalue weighted by molar-refractivity contribution is 0.356. The predicted molar refractivity (Wildman–Crippen MR) is 74.0 cm³/mol. The molecule has 0 spiro atoms. The molecule has 2 unspecified atom stereocenters. The number of hydrogen-bond donors (Lipinski definition) is 2. The topological polar surface area (TPSA) is 55.9 Å². The first-order valence-electron chi connectivity index (χ1n) is 7.24. The number of nitrogens with two attached hydrogens (primary N) is 1. The number of hydrazine groups is 1. The van der Waals surface area contributed by atoms with Gasteiger partial charge >= 0.3 is 0 Å². The van der Waals surface area contributed by atoms with Gasteiger partial charge < -0.3 is 0 Å². The molecule has 4 heteroatoms. The Morgan fingerprint density at radius 2 is 2.22 bits per heavy atom. The van der Waals surface area contributed by atoms with E-state index in [9.17, 15) is 0 Å². The van der Waals surface area contributed by atoms with Crippen molar-refractivity contribution < 1.29 is 0 Å². The summed E-state index contributed by atoms with van der Waals surface area (Å²) in [4.78, 5) is 0. The normalized spacial score (nSPS) is 20.2. The van der Waals surface area contributed by atoms with Gasteiger partial charge in [-0.15, -0.1) is 0 Å². The van der Waals surface area contributed by atoms with Gasteiger partial charge in [0.2, 0.25) is 0 Å². The summed E-state index contributed by atoms with van der Waals surface area (Å²) in [6.45, 7) is 4.39. The second-order valence-corrected chi connectivity index (χ2v) is 5.57. The minimum atomic E-state index is 0.382. The minimum absolute atomic E-state index is 0.382. The third kappa shape index (κ3) is 3.12. The van der Waals surface area contributed by atoms with Gasteiger partial charge in [-0.05, 0) is 38.2 Å². The number of nitrogens with zero attached hydrogens (tertiary/aromatic N) is 2. The molecule has 0 aliphatic heterocycles. The van der Waals surface area contributed by atoms with Crippen LogP contribution in [0.15, 0.2) is 12.3 Å². The first-order chi connectivity index (χ1) is 8.74. The summed E-state index contributed by atoms with van der Waals surface area (Å²) in [6.07, 6.45) is 9.47. The summed E-state index contributed by atoms with van der Waals surface area (Å²) in [6, 6.07) is 2.99. The molecule has 3 N–H and O–H groups in total. The smallest absolute Gasteiger partial charge is 0.0640 e. The van der Waals surface area contributed by atoms with Gasteiger partial charge in [0.1, 0.15) is 0 Å². The van der Waals surface area contributed by atoms with Gasteiger partial charge in [0.15, 0.2) is 0 Å². The summed E-state index contributed by atoms with van der Waals surface area (Å²) in [5.74, 6) is 6.43. The van der Waals surface area contributed by atoms with Crippen molar-refractivity contribution in [1.82, 2.24) is 15.2 Å². The molecule has 0 saturated heterocycles. The molecule has 2 atom stereocenters. The third-order valence-electron chi connectivity index (χ3n) is 4.32. The average Bonchev–Trinajstić information content (AvgIpc) is 3.05. The van der Waals surface area contributed by atoms with Crippen molar-refractivity contribution >= 4 is 0 Å². The van der Waals surface area contributed by atoms with Crippen LogP contribution in [-0.4, -0.2) is 15.8 Å². The molecule has 1 aliphatic carbocycles. The summed E-state index contributed by atoms with van der Waals surface area (Å²) in [7, 11) is 0. The Labute approximate surface area is 110 Å². The maximum atomic E-state index is 5.71. The van der Waals surface area contributed by atoms with E-state index < -0.39 is 0 Å². The lowest BCUT2D eigenvalue weighted by Crippen LogP contribution is -2.41. The molecular formula is C14H26N4. The van der Waals surface area contributed by atoms with E-state index in [4.69, 9.17) is 5.84 Å². The molecule has 0 aromatic carbocycles. The van der Waals surface area contributed by atoms with Crippen LogP contribution in [0.5, 0.6) is 0 Å². The summed E-state index contributed by atoms with van der Waals surface area (Å²) in [5.41, 5.74) is 4.15. The molecule has 1 heterocycles. The van der Waals surface area contributed by atoms with Crippen LogP contribution in [0.25, 0.3) is 0 Å². The zero-order valence-corrected chi connectivity index (χ0v) is 11.6. The SMILES string of the molecule is CCC(C)n1ccc(CC(NN)C2CCCC2)n1. The fourth-order valence-corrected chi connectivity index (χ4v) is 2.87. The first-order valence-corrected chi connectivity index (χ1v) is 7.24. The Hall–Kier alpha value is -0.870. The van der Waals surface area contributed by atoms with Crippen LogP contribution in [0.3, 0.4) is 0 Å². The fourth-order valence-electron chi connectivity index (χ4n) is 2.87. The van der Waals surface area contributed by atoms with Gasteiger partial charge in [-0.3, -0.25) is 16.0 Å². The zero-order chi connectivity index (χ0) is 13.0. The van der Waals surface area contributed by atoms with Crippen LogP contribution in [-0.2, 0) is 6.42 Å². The van der Waals surface area contributed by atoms with Gasteiger partial charge in [0.25, 0.3) is 0 Å². The highest BCUT2D eigenvalue weighted by Crippen LogP contribution is 2.28. The van der Waals surface area contributed by atoms with Crippen molar-refractivity contribution in [2.24, 2.45) is 11.8 Å². The maximum absolute atomic E-state index is 5.71. The van der Waals surface area contributed by atoms with Crippen molar-refractivity contribution in [3.63, 3.8) is 0 Å². The van der Waals surface area contributed by atoms with E-state index in [1.165, 1.54) is 25.7 Å². The van der Waals surface area contributed by atoms with Crippen LogP contribution in [0.4, 0.5) is 0 Å². The highest BCUT2D eigenvalue weighted by atomic mass is 15.3. The van der Waals surface area contributed by atoms with Gasteiger partial charge in [-0.25, -0.2) is 0 Å². The molecule has 0 amide bonds. The number of rotatable bonds is 6. The quantitative estimate of drug-likeness (QED) is 0.602. The average molecular weight is 250 g/mol. The van der Waals surface area contributed by atoms with Crippen LogP contribution in [0, 0.1) is 5.92 Å². The van der Waals surface area contributed by atoms with Gasteiger partial charge in [0, 0.05) is 24.7 Å². The molecule has 1 aromatic heterocycles. The molecule has 1 saturated carbocycles. The highest BCUT2D eigenvalue weighted by Gasteiger charge is 2.24. The number of nitrogens with one attached hydrogen (secondary N) is 1. The molecule has 102 valence electrons. The summed E-state index contributed by atoms with van der Waals surface area (Å²) >= 11 is 0. The van der Waals surface area contributed by atoms with E-state index in [1.54, 1.807) is 0 Å². The summed E-state index contributed by atoms with van der Waals surface area (Å²) in [5, 5.41) is 4.66. The predicted octanol–water partition coefficient (Wildman–Crippen LogP) is 2.42. The monoisotopic (exact) mass is 250 g/mol. The molecule has 0 bridgehead atoms. The minimum Gasteiger partial charge on any atom is -0.271 e. The molecule has 18 heavy (non-hydrogen) atoms. The van der Waals surface area contributed by atoms with Crippen LogP contribution >= 0.6 is 0 Å². The number of aromatic nitrogens is 2. The standard InChI is InChI=1S/C14H26N4/c1-3-11(2)18-9-8-13(17-18)10-14(16-15)12-6-4-5-7-12/h8-9,11-12,14,16H,3-7,10,15H2,1-2H3. The molecule has 1 aromatic rings. The van der Waals surface area contributed by atoms with Crippen LogP contribution in [0.2, 0.25) is 0 Å². The maximum Gasteiger partial charge on any atom is 0.0640 e. The Morgan fingerprint density at radius 1 is 1.50 bits per heavy atom. The molecular weight excluding hydrogens is 224 g/mol. The largest absolute Gasteiger partial charge is 0.271 e. The van der Waals surface area contributed by atoms with Gasteiger partial charge in [-0.2, -0.15) is 5.10 Å². The Kier molecular flexibility index (Phi) is 4.78. The van der Waals surface area contributed by atoms with E-state index in [2.05, 4.69) is 41.3 Å². The molecule has 1 fully saturated rings. The lowest BCUT2D eigenvalue weighted by Gasteiger charge is -2.21. The Bertz CT molecular complexity index is 354. The van der Waals surface area contributed by atoms with Crippen LogP contribution in [0.1, 0.15) is 57.7 Å². The third-order valence-corrected chi connectivity index (χ3v) is 4.32. The Balaban J connectivity index is 1.96. The van der Waals surface area contributed by atoms with E-state index >= 15 is 0 Å². The highest BCUT2D eigenvalue weighted by molar-refractivity contribution is 5.03. The molecule has 1 aliphatic rings.